The van der Waals surface area contributed by atoms with E-state index in [1.165, 1.54) is 19.4 Å². The number of nitrogens with one attached hydrogen (secondary N) is 2. The van der Waals surface area contributed by atoms with Crippen LogP contribution >= 0.6 is 0 Å². The van der Waals surface area contributed by atoms with Gasteiger partial charge in [-0.05, 0) is 30.7 Å². The van der Waals surface area contributed by atoms with Crippen molar-refractivity contribution in [2.75, 3.05) is 28.6 Å². The first-order valence-corrected chi connectivity index (χ1v) is 10.3. The van der Waals surface area contributed by atoms with Gasteiger partial charge in [0.15, 0.2) is 5.82 Å². The molecule has 154 valence electrons. The first kappa shape index (κ1) is 20.5. The number of anilines is 4. The number of aromatic nitrogens is 2. The van der Waals surface area contributed by atoms with Crippen LogP contribution in [0.3, 0.4) is 0 Å². The minimum absolute atomic E-state index is 0.102. The molecule has 4 N–H and O–H groups in total. The monoisotopic (exact) mass is 423 g/mol. The van der Waals surface area contributed by atoms with Crippen molar-refractivity contribution in [3.63, 3.8) is 0 Å². The lowest BCUT2D eigenvalue weighted by Crippen LogP contribution is -2.17. The van der Waals surface area contributed by atoms with Crippen molar-refractivity contribution < 1.29 is 21.9 Å². The zero-order valence-electron chi connectivity index (χ0n) is 15.7. The molecule has 0 bridgehead atoms. The average Bonchev–Trinajstić information content (AvgIpc) is 2.68. The molecule has 2 aromatic carbocycles. The van der Waals surface area contributed by atoms with Gasteiger partial charge in [0.25, 0.3) is 0 Å². The van der Waals surface area contributed by atoms with E-state index in [9.17, 15) is 17.2 Å². The molecule has 0 amide bonds. The van der Waals surface area contributed by atoms with Gasteiger partial charge in [0.2, 0.25) is 15.9 Å². The maximum Gasteiger partial charge on any atom is 0.232 e. The van der Waals surface area contributed by atoms with E-state index in [0.717, 1.165) is 12.1 Å². The molecule has 0 aliphatic heterocycles. The predicted octanol–water partition coefficient (Wildman–Crippen LogP) is 3.39. The highest BCUT2D eigenvalue weighted by Crippen LogP contribution is 2.34. The van der Waals surface area contributed by atoms with Gasteiger partial charge in [0.05, 0.1) is 41.6 Å². The van der Waals surface area contributed by atoms with Crippen LogP contribution in [0.15, 0.2) is 30.5 Å². The summed E-state index contributed by atoms with van der Waals surface area (Å²) < 4.78 is 60.1. The summed E-state index contributed by atoms with van der Waals surface area (Å²) in [4.78, 5) is 8.35. The Morgan fingerprint density at radius 2 is 1.90 bits per heavy atom. The van der Waals surface area contributed by atoms with Crippen molar-refractivity contribution in [1.29, 1.82) is 0 Å². The van der Waals surface area contributed by atoms with Crippen LogP contribution in [-0.2, 0) is 10.0 Å². The Labute approximate surface area is 166 Å². The highest BCUT2D eigenvalue weighted by Gasteiger charge is 2.19. The van der Waals surface area contributed by atoms with Gasteiger partial charge >= 0.3 is 0 Å². The molecule has 0 radical (unpaired) electrons. The second-order valence-electron chi connectivity index (χ2n) is 6.14. The maximum absolute atomic E-state index is 14.8. The Morgan fingerprint density at radius 1 is 1.17 bits per heavy atom. The van der Waals surface area contributed by atoms with E-state index in [1.807, 2.05) is 0 Å². The van der Waals surface area contributed by atoms with Crippen molar-refractivity contribution >= 4 is 43.8 Å². The van der Waals surface area contributed by atoms with Gasteiger partial charge in [0.1, 0.15) is 17.0 Å². The lowest BCUT2D eigenvalue weighted by atomic mass is 10.2. The molecule has 29 heavy (non-hydrogen) atoms. The molecular weight excluding hydrogens is 404 g/mol. The third kappa shape index (κ3) is 4.29. The Hall–Kier alpha value is -3.21. The number of ether oxygens (including phenoxy) is 1. The van der Waals surface area contributed by atoms with Crippen molar-refractivity contribution in [2.45, 2.75) is 13.3 Å². The van der Waals surface area contributed by atoms with E-state index in [4.69, 9.17) is 10.5 Å². The van der Waals surface area contributed by atoms with Crippen molar-refractivity contribution in [2.24, 2.45) is 0 Å². The number of sulfonamides is 1. The van der Waals surface area contributed by atoms with E-state index in [0.29, 0.717) is 11.9 Å². The third-order valence-corrected chi connectivity index (χ3v) is 5.51. The largest absolute Gasteiger partial charge is 0.480 e. The highest BCUT2D eigenvalue weighted by molar-refractivity contribution is 7.92. The lowest BCUT2D eigenvalue weighted by molar-refractivity contribution is 0.398. The number of hydrogen-bond donors (Lipinski definition) is 3. The fraction of sp³-hybridized carbons (Fsp3) is 0.222. The molecule has 0 fully saturated rings. The molecule has 3 aromatic rings. The van der Waals surface area contributed by atoms with E-state index in [-0.39, 0.29) is 34.2 Å². The summed E-state index contributed by atoms with van der Waals surface area (Å²) in [6.45, 7) is 1.67. The number of rotatable bonds is 7. The number of nitrogen functional groups attached to an aromatic ring is 1. The number of benzene rings is 2. The molecule has 0 aliphatic rings. The minimum atomic E-state index is -3.75. The van der Waals surface area contributed by atoms with Gasteiger partial charge in [-0.3, -0.25) is 4.72 Å². The van der Waals surface area contributed by atoms with Crippen LogP contribution in [0, 0.1) is 11.6 Å². The fourth-order valence-corrected chi connectivity index (χ4v) is 3.79. The summed E-state index contributed by atoms with van der Waals surface area (Å²) in [5.74, 6) is -1.98. The predicted molar refractivity (Wildman–Crippen MR) is 108 cm³/mol. The van der Waals surface area contributed by atoms with Crippen molar-refractivity contribution in [3.8, 4) is 5.88 Å². The quantitative estimate of drug-likeness (QED) is 0.498. The summed E-state index contributed by atoms with van der Waals surface area (Å²) in [5.41, 5.74) is 6.20. The average molecular weight is 423 g/mol. The molecule has 8 nitrogen and oxygen atoms in total. The van der Waals surface area contributed by atoms with E-state index in [1.54, 1.807) is 13.0 Å². The number of nitrogens with zero attached hydrogens (tertiary/aromatic N) is 2. The molecule has 0 unspecified atom stereocenters. The molecule has 0 saturated carbocycles. The number of methoxy groups -OCH3 is 1. The smallest absolute Gasteiger partial charge is 0.232 e. The number of nitrogens with two attached hydrogens (primary N) is 1. The lowest BCUT2D eigenvalue weighted by Gasteiger charge is -2.15. The normalized spacial score (nSPS) is 11.4. The molecule has 11 heteroatoms. The fourth-order valence-electron chi connectivity index (χ4n) is 2.66. The van der Waals surface area contributed by atoms with Gasteiger partial charge in [0, 0.05) is 0 Å². The van der Waals surface area contributed by atoms with Gasteiger partial charge in [-0.2, -0.15) is 0 Å². The molecule has 0 saturated heterocycles. The topological polar surface area (TPSA) is 119 Å². The summed E-state index contributed by atoms with van der Waals surface area (Å²) in [7, 11) is -2.33. The molecule has 1 aromatic heterocycles. The standard InChI is InChI=1S/C18H19F2N5O3S/c1-3-8-29(26,27)25-11-5-4-10(19)17(15(11)20)23-12-6-7-13-18(16(12)21)24-14(28-2)9-22-13/h4-7,9,23,25H,3,8,21H2,1-2H3. The van der Waals surface area contributed by atoms with E-state index < -0.39 is 27.3 Å². The molecule has 0 atom stereocenters. The highest BCUT2D eigenvalue weighted by atomic mass is 32.2. The maximum atomic E-state index is 14.8. The first-order valence-electron chi connectivity index (χ1n) is 8.60. The molecule has 1 heterocycles. The van der Waals surface area contributed by atoms with Gasteiger partial charge in [-0.1, -0.05) is 6.92 Å². The van der Waals surface area contributed by atoms with Crippen LogP contribution in [0.2, 0.25) is 0 Å². The Balaban J connectivity index is 2.02. The number of fused-ring (bicyclic) bond motifs is 1. The summed E-state index contributed by atoms with van der Waals surface area (Å²) in [6, 6.07) is 5.04. The molecule has 3 rings (SSSR count). The van der Waals surface area contributed by atoms with Crippen LogP contribution in [0.5, 0.6) is 5.88 Å². The second-order valence-corrected chi connectivity index (χ2v) is 7.98. The van der Waals surface area contributed by atoms with Crippen molar-refractivity contribution in [3.05, 3.63) is 42.1 Å². The minimum Gasteiger partial charge on any atom is -0.480 e. The van der Waals surface area contributed by atoms with Gasteiger partial charge < -0.3 is 15.8 Å². The molecule has 0 spiro atoms. The zero-order valence-corrected chi connectivity index (χ0v) is 16.5. The van der Waals surface area contributed by atoms with Crippen LogP contribution in [0.1, 0.15) is 13.3 Å². The summed E-state index contributed by atoms with van der Waals surface area (Å²) >= 11 is 0. The van der Waals surface area contributed by atoms with Crippen LogP contribution in [0.4, 0.5) is 31.5 Å². The van der Waals surface area contributed by atoms with Crippen molar-refractivity contribution in [1.82, 2.24) is 9.97 Å². The SMILES string of the molecule is CCCS(=O)(=O)Nc1ccc(F)c(Nc2ccc3ncc(OC)nc3c2N)c1F. The van der Waals surface area contributed by atoms with E-state index >= 15 is 0 Å². The third-order valence-electron chi connectivity index (χ3n) is 4.03. The van der Waals surface area contributed by atoms with E-state index in [2.05, 4.69) is 20.0 Å². The summed E-state index contributed by atoms with van der Waals surface area (Å²) in [6.07, 6.45) is 1.77. The number of halogens is 2. The van der Waals surface area contributed by atoms with Crippen LogP contribution in [0.25, 0.3) is 11.0 Å². The summed E-state index contributed by atoms with van der Waals surface area (Å²) in [5, 5.41) is 2.58. The molecule has 0 aliphatic carbocycles. The zero-order chi connectivity index (χ0) is 21.2. The van der Waals surface area contributed by atoms with Crippen LogP contribution < -0.4 is 20.5 Å². The molecular formula is C18H19F2N5O3S. The van der Waals surface area contributed by atoms with Gasteiger partial charge in [-0.25, -0.2) is 27.2 Å². The number of hydrogen-bond acceptors (Lipinski definition) is 7. The van der Waals surface area contributed by atoms with Crippen LogP contribution in [-0.4, -0.2) is 31.2 Å². The first-order chi connectivity index (χ1) is 13.8. The Morgan fingerprint density at radius 3 is 2.59 bits per heavy atom. The Kier molecular flexibility index (Phi) is 5.69. The second kappa shape index (κ2) is 8.03. The Bertz CT molecular complexity index is 1170. The van der Waals surface area contributed by atoms with Gasteiger partial charge in [-0.15, -0.1) is 0 Å².